The van der Waals surface area contributed by atoms with Crippen LogP contribution in [-0.4, -0.2) is 68.6 Å². The molecule has 0 aliphatic carbocycles. The van der Waals surface area contributed by atoms with Gasteiger partial charge in [-0.25, -0.2) is 4.98 Å². The van der Waals surface area contributed by atoms with Crippen LogP contribution < -0.4 is 21.5 Å². The highest BCUT2D eigenvalue weighted by Crippen LogP contribution is 2.41. The van der Waals surface area contributed by atoms with Gasteiger partial charge >= 0.3 is 0 Å². The van der Waals surface area contributed by atoms with Gasteiger partial charge in [-0.2, -0.15) is 0 Å². The smallest absolute Gasteiger partial charge is 0.225 e. The van der Waals surface area contributed by atoms with Gasteiger partial charge < -0.3 is 31.3 Å². The summed E-state index contributed by atoms with van der Waals surface area (Å²) in [6, 6.07) is 5.62. The summed E-state index contributed by atoms with van der Waals surface area (Å²) in [6.07, 6.45) is 3.11. The molecule has 0 spiro atoms. The van der Waals surface area contributed by atoms with Crippen LogP contribution >= 0.6 is 11.3 Å². The first-order chi connectivity index (χ1) is 15.3. The fraction of sp³-hybridized carbons (Fsp3) is 0.391. The monoisotopic (exact) mass is 456 g/mol. The van der Waals surface area contributed by atoms with Crippen molar-refractivity contribution < 1.29 is 9.53 Å². The van der Waals surface area contributed by atoms with Gasteiger partial charge in [0.05, 0.1) is 29.4 Å². The van der Waals surface area contributed by atoms with E-state index in [0.717, 1.165) is 40.7 Å². The van der Waals surface area contributed by atoms with Crippen LogP contribution in [0.4, 0.5) is 17.2 Å². The van der Waals surface area contributed by atoms with Crippen molar-refractivity contribution in [1.29, 1.82) is 0 Å². The Balaban J connectivity index is 1.74. The maximum Gasteiger partial charge on any atom is 0.225 e. The molecule has 0 fully saturated rings. The molecule has 2 heterocycles. The minimum atomic E-state index is -0.0403. The highest BCUT2D eigenvalue weighted by Gasteiger charge is 2.16. The second kappa shape index (κ2) is 10.6. The Bertz CT molecular complexity index is 1080. The number of rotatable bonds is 10. The number of nitrogens with two attached hydrogens (primary N) is 2. The number of fused-ring (bicyclic) bond motifs is 1. The van der Waals surface area contributed by atoms with E-state index in [4.69, 9.17) is 16.2 Å². The van der Waals surface area contributed by atoms with Crippen LogP contribution in [0.2, 0.25) is 0 Å². The zero-order valence-corrected chi connectivity index (χ0v) is 20.0. The van der Waals surface area contributed by atoms with Gasteiger partial charge in [-0.1, -0.05) is 6.07 Å². The van der Waals surface area contributed by atoms with E-state index in [-0.39, 0.29) is 5.91 Å². The largest absolute Gasteiger partial charge is 0.495 e. The van der Waals surface area contributed by atoms with Crippen molar-refractivity contribution in [2.45, 2.75) is 12.8 Å². The van der Waals surface area contributed by atoms with E-state index < -0.39 is 0 Å². The molecule has 1 amide bonds. The van der Waals surface area contributed by atoms with Gasteiger partial charge in [-0.15, -0.1) is 11.3 Å². The van der Waals surface area contributed by atoms with Crippen molar-refractivity contribution in [3.63, 3.8) is 0 Å². The molecule has 0 unspecified atom stereocenters. The molecule has 8 nitrogen and oxygen atoms in total. The van der Waals surface area contributed by atoms with E-state index in [1.165, 1.54) is 11.3 Å². The highest BCUT2D eigenvalue weighted by atomic mass is 32.1. The number of hydrogen-bond acceptors (Lipinski definition) is 8. The number of thiophene rings is 1. The third-order valence-electron chi connectivity index (χ3n) is 5.31. The lowest BCUT2D eigenvalue weighted by molar-refractivity contribution is -0.116. The molecule has 0 saturated carbocycles. The van der Waals surface area contributed by atoms with Crippen molar-refractivity contribution >= 4 is 44.5 Å². The number of methoxy groups -OCH3 is 1. The van der Waals surface area contributed by atoms with Crippen LogP contribution in [-0.2, 0) is 4.79 Å². The van der Waals surface area contributed by atoms with Gasteiger partial charge in [-0.05, 0) is 58.3 Å². The molecule has 0 atom stereocenters. The number of amides is 1. The fourth-order valence-electron chi connectivity index (χ4n) is 3.52. The van der Waals surface area contributed by atoms with Crippen LogP contribution in [0, 0.1) is 0 Å². The molecule has 3 aromatic rings. The number of anilines is 3. The van der Waals surface area contributed by atoms with Crippen LogP contribution in [0.15, 0.2) is 29.8 Å². The molecular weight excluding hydrogens is 424 g/mol. The summed E-state index contributed by atoms with van der Waals surface area (Å²) in [5.41, 5.74) is 15.3. The lowest BCUT2D eigenvalue weighted by atomic mass is 10.0. The van der Waals surface area contributed by atoms with E-state index in [2.05, 4.69) is 34.2 Å². The van der Waals surface area contributed by atoms with Crippen LogP contribution in [0.25, 0.3) is 21.2 Å². The average Bonchev–Trinajstić information content (AvgIpc) is 3.21. The van der Waals surface area contributed by atoms with E-state index >= 15 is 0 Å². The molecule has 0 aliphatic rings. The maximum atomic E-state index is 12.6. The Morgan fingerprint density at radius 3 is 2.69 bits per heavy atom. The molecule has 0 saturated heterocycles. The molecule has 5 N–H and O–H groups in total. The summed E-state index contributed by atoms with van der Waals surface area (Å²) in [7, 11) is 7.76. The van der Waals surface area contributed by atoms with Gasteiger partial charge in [0.25, 0.3) is 0 Å². The first kappa shape index (κ1) is 23.8. The Morgan fingerprint density at radius 1 is 1.19 bits per heavy atom. The predicted molar refractivity (Wildman–Crippen MR) is 134 cm³/mol. The van der Waals surface area contributed by atoms with E-state index in [9.17, 15) is 4.79 Å². The molecule has 3 rings (SSSR count). The van der Waals surface area contributed by atoms with Gasteiger partial charge in [0.2, 0.25) is 5.91 Å². The second-order valence-electron chi connectivity index (χ2n) is 8.13. The molecule has 2 aromatic heterocycles. The molecule has 172 valence electrons. The van der Waals surface area contributed by atoms with E-state index in [1.54, 1.807) is 13.3 Å². The van der Waals surface area contributed by atoms with Crippen LogP contribution in [0.5, 0.6) is 5.75 Å². The lowest BCUT2D eigenvalue weighted by Crippen LogP contribution is -2.27. The summed E-state index contributed by atoms with van der Waals surface area (Å²) in [5.74, 6) is 0.986. The van der Waals surface area contributed by atoms with Crippen LogP contribution in [0.3, 0.4) is 0 Å². The highest BCUT2D eigenvalue weighted by molar-refractivity contribution is 7.18. The van der Waals surface area contributed by atoms with E-state index in [1.807, 2.05) is 30.6 Å². The summed E-state index contributed by atoms with van der Waals surface area (Å²) in [4.78, 5) is 21.3. The minimum absolute atomic E-state index is 0.0403. The normalized spacial score (nSPS) is 11.4. The summed E-state index contributed by atoms with van der Waals surface area (Å²) >= 11 is 1.53. The number of ether oxygens (including phenoxy) is 1. The Morgan fingerprint density at radius 2 is 1.97 bits per heavy atom. The Kier molecular flexibility index (Phi) is 7.89. The predicted octanol–water partition coefficient (Wildman–Crippen LogP) is 3.35. The summed E-state index contributed by atoms with van der Waals surface area (Å²) in [5, 5.41) is 5.85. The molecule has 0 bridgehead atoms. The number of hydrogen-bond donors (Lipinski definition) is 3. The summed E-state index contributed by atoms with van der Waals surface area (Å²) in [6.45, 7) is 2.69. The summed E-state index contributed by atoms with van der Waals surface area (Å²) < 4.78 is 6.25. The number of nitrogens with zero attached hydrogens (tertiary/aromatic N) is 3. The molecular formula is C23H32N6O2S. The zero-order chi connectivity index (χ0) is 23.3. The quantitative estimate of drug-likeness (QED) is 0.401. The fourth-order valence-corrected chi connectivity index (χ4v) is 4.57. The van der Waals surface area contributed by atoms with Gasteiger partial charge in [0, 0.05) is 29.3 Å². The number of pyridine rings is 1. The van der Waals surface area contributed by atoms with E-state index in [0.29, 0.717) is 35.9 Å². The number of nitrogens with one attached hydrogen (secondary N) is 1. The number of carbonyl (C=O) groups excluding carboxylic acids is 1. The number of nitrogen functional groups attached to an aromatic ring is 2. The van der Waals surface area contributed by atoms with Crippen LogP contribution in [0.1, 0.15) is 12.8 Å². The zero-order valence-electron chi connectivity index (χ0n) is 19.1. The molecule has 1 aromatic carbocycles. The Hall–Kier alpha value is -2.88. The minimum Gasteiger partial charge on any atom is -0.495 e. The lowest BCUT2D eigenvalue weighted by Gasteiger charge is -2.18. The molecule has 32 heavy (non-hydrogen) atoms. The number of benzene rings is 1. The molecule has 0 aliphatic heterocycles. The van der Waals surface area contributed by atoms with Crippen molar-refractivity contribution in [1.82, 2.24) is 14.8 Å². The third kappa shape index (κ3) is 5.67. The first-order valence-electron chi connectivity index (χ1n) is 10.5. The van der Waals surface area contributed by atoms with Crippen molar-refractivity contribution in [3.8, 4) is 16.9 Å². The standard InChI is InChI=1S/C23H32N6O2S/c1-28(2)9-5-10-29(3)11-8-20(30)27-18-13-26-23(25)21-16(14-32-22(18)21)15-6-7-17(24)19(12-15)31-4/h6-7,12-14H,5,8-11,24H2,1-4H3,(H2,25,26)(H,27,30). The van der Waals surface area contributed by atoms with Gasteiger partial charge in [-0.3, -0.25) is 4.79 Å². The third-order valence-corrected chi connectivity index (χ3v) is 6.32. The Labute approximate surface area is 193 Å². The first-order valence-corrected chi connectivity index (χ1v) is 11.4. The molecule has 0 radical (unpaired) electrons. The van der Waals surface area contributed by atoms with Gasteiger partial charge in [0.1, 0.15) is 11.6 Å². The average molecular weight is 457 g/mol. The van der Waals surface area contributed by atoms with Crippen molar-refractivity contribution in [2.75, 3.05) is 64.7 Å². The number of aromatic nitrogens is 1. The maximum absolute atomic E-state index is 12.6. The van der Waals surface area contributed by atoms with Gasteiger partial charge in [0.15, 0.2) is 0 Å². The second-order valence-corrected chi connectivity index (χ2v) is 9.01. The molecule has 9 heteroatoms. The van der Waals surface area contributed by atoms with Crippen molar-refractivity contribution in [2.24, 2.45) is 0 Å². The van der Waals surface area contributed by atoms with Crippen molar-refractivity contribution in [3.05, 3.63) is 29.8 Å². The SMILES string of the molecule is COc1cc(-c2csc3c(NC(=O)CCN(C)CCCN(C)C)cnc(N)c23)ccc1N. The topological polar surface area (TPSA) is 110 Å². The number of carbonyl (C=O) groups is 1.